The van der Waals surface area contributed by atoms with E-state index in [1.165, 1.54) is 60.3 Å². The number of hydrogen-bond donors (Lipinski definition) is 0. The van der Waals surface area contributed by atoms with Gasteiger partial charge in [-0.3, -0.25) is 0 Å². The summed E-state index contributed by atoms with van der Waals surface area (Å²) in [6.07, 6.45) is 8.06. The minimum Gasteiger partial charge on any atom is -0.380 e. The van der Waals surface area contributed by atoms with Crippen LogP contribution in [-0.4, -0.2) is 50.6 Å². The van der Waals surface area contributed by atoms with Gasteiger partial charge in [0.05, 0.1) is 39.6 Å². The Kier molecular flexibility index (Phi) is 18.8. The third-order valence-electron chi connectivity index (χ3n) is 9.57. The van der Waals surface area contributed by atoms with Crippen LogP contribution >= 0.6 is 15.8 Å². The summed E-state index contributed by atoms with van der Waals surface area (Å²) < 4.78 is 22.6. The van der Waals surface area contributed by atoms with Crippen LogP contribution in [0.2, 0.25) is 0 Å². The molecule has 2 aliphatic rings. The molecule has 7 rings (SSSR count). The molecular weight excluding hydrogens is 690 g/mol. The smallest absolute Gasteiger partial charge is 0.0717 e. The second-order valence-corrected chi connectivity index (χ2v) is 18.7. The van der Waals surface area contributed by atoms with E-state index in [1.54, 1.807) is 17.7 Å². The fraction of sp³-hybridized carbons (Fsp3) is 0.362. The van der Waals surface area contributed by atoms with Gasteiger partial charge in [-0.2, -0.15) is 0 Å². The third kappa shape index (κ3) is 14.2. The molecule has 0 aromatic heterocycles. The van der Waals surface area contributed by atoms with Crippen molar-refractivity contribution in [2.45, 2.75) is 70.4 Å². The van der Waals surface area contributed by atoms with Crippen molar-refractivity contribution in [3.05, 3.63) is 168 Å². The van der Waals surface area contributed by atoms with Crippen molar-refractivity contribution in [3.63, 3.8) is 0 Å². The standard InChI is InChI=1S/C30H36O2P2.C9H12O.C8H10O/c1-3-11-25(12-4-1)21-31-23-27-15-9-19-33(27)29-17-7-8-18-30(29)34-20-10-16-28(34)24-32-22-26-13-5-2-6-14-26;1-2-10-8-9-6-4-3-5-7-9;1-9-7-8-5-3-2-4-6-8/h1-8,11-14,17-18,27-28H,9-10,15-16,19-24H2;3-7H,2,8H2,1H3;2-6H,7H2,1H3. The highest BCUT2D eigenvalue weighted by Crippen LogP contribution is 2.54. The maximum absolute atomic E-state index is 6.24. The Bertz CT molecular complexity index is 1570. The molecule has 2 aliphatic heterocycles. The average Bonchev–Trinajstić information content (AvgIpc) is 3.89. The molecular formula is C47H58O4P2. The van der Waals surface area contributed by atoms with E-state index in [0.29, 0.717) is 17.9 Å². The van der Waals surface area contributed by atoms with Crippen LogP contribution in [0.4, 0.5) is 0 Å². The van der Waals surface area contributed by atoms with Crippen molar-refractivity contribution in [2.24, 2.45) is 0 Å². The number of benzene rings is 5. The Labute approximate surface area is 321 Å². The molecule has 53 heavy (non-hydrogen) atoms. The van der Waals surface area contributed by atoms with Gasteiger partial charge in [0.1, 0.15) is 0 Å². The Balaban J connectivity index is 0.000000232. The van der Waals surface area contributed by atoms with Crippen molar-refractivity contribution in [2.75, 3.05) is 39.3 Å². The lowest BCUT2D eigenvalue weighted by Crippen LogP contribution is -2.29. The van der Waals surface area contributed by atoms with E-state index >= 15 is 0 Å². The highest BCUT2D eigenvalue weighted by atomic mass is 31.1. The molecule has 0 bridgehead atoms. The van der Waals surface area contributed by atoms with Crippen LogP contribution in [0, 0.1) is 0 Å². The predicted octanol–water partition coefficient (Wildman–Crippen LogP) is 10.7. The zero-order valence-corrected chi connectivity index (χ0v) is 33.5. The lowest BCUT2D eigenvalue weighted by atomic mass is 10.2. The van der Waals surface area contributed by atoms with Crippen LogP contribution in [0.15, 0.2) is 146 Å². The fourth-order valence-electron chi connectivity index (χ4n) is 6.91. The van der Waals surface area contributed by atoms with E-state index in [4.69, 9.17) is 18.9 Å². The van der Waals surface area contributed by atoms with Crippen LogP contribution in [0.25, 0.3) is 0 Å². The predicted molar refractivity (Wildman–Crippen MR) is 226 cm³/mol. The zero-order chi connectivity index (χ0) is 36.8. The molecule has 2 heterocycles. The molecule has 0 amide bonds. The number of hydrogen-bond acceptors (Lipinski definition) is 4. The summed E-state index contributed by atoms with van der Waals surface area (Å²) in [6, 6.07) is 50.9. The number of rotatable bonds is 15. The first-order valence-electron chi connectivity index (χ1n) is 19.2. The Morgan fingerprint density at radius 1 is 0.453 bits per heavy atom. The molecule has 280 valence electrons. The van der Waals surface area contributed by atoms with Gasteiger partial charge in [-0.15, -0.1) is 0 Å². The van der Waals surface area contributed by atoms with E-state index in [2.05, 4.69) is 97.1 Å². The summed E-state index contributed by atoms with van der Waals surface area (Å²) in [5.74, 6) is 0. The van der Waals surface area contributed by atoms with Gasteiger partial charge in [-0.05, 0) is 77.8 Å². The van der Waals surface area contributed by atoms with Crippen LogP contribution in [0.1, 0.15) is 54.9 Å². The first-order chi connectivity index (χ1) is 26.2. The molecule has 2 saturated heterocycles. The molecule has 5 aromatic rings. The van der Waals surface area contributed by atoms with Gasteiger partial charge in [0, 0.05) is 25.0 Å². The Morgan fingerprint density at radius 3 is 1.15 bits per heavy atom. The van der Waals surface area contributed by atoms with E-state index in [9.17, 15) is 0 Å². The molecule has 0 spiro atoms. The van der Waals surface area contributed by atoms with E-state index in [1.807, 2.05) is 55.5 Å². The number of methoxy groups -OCH3 is 1. The monoisotopic (exact) mass is 748 g/mol. The van der Waals surface area contributed by atoms with Crippen molar-refractivity contribution in [3.8, 4) is 0 Å². The molecule has 4 nitrogen and oxygen atoms in total. The SMILES string of the molecule is CCOCc1ccccc1.COCc1ccccc1.c1ccc(COCC2CCCP2c2ccccc2P2CCCC2COCc2ccccc2)cc1. The minimum atomic E-state index is -0.139. The summed E-state index contributed by atoms with van der Waals surface area (Å²) in [6.45, 7) is 7.49. The van der Waals surface area contributed by atoms with Crippen molar-refractivity contribution >= 4 is 26.5 Å². The molecule has 0 aliphatic carbocycles. The van der Waals surface area contributed by atoms with Crippen molar-refractivity contribution in [1.29, 1.82) is 0 Å². The summed E-state index contributed by atoms with van der Waals surface area (Å²) in [5, 5.41) is 3.37. The first-order valence-corrected chi connectivity index (χ1v) is 22.4. The fourth-order valence-corrected chi connectivity index (χ4v) is 13.6. The highest BCUT2D eigenvalue weighted by Gasteiger charge is 2.35. The average molecular weight is 749 g/mol. The second kappa shape index (κ2) is 24.3. The maximum Gasteiger partial charge on any atom is 0.0717 e. The van der Waals surface area contributed by atoms with Crippen LogP contribution in [0.5, 0.6) is 0 Å². The van der Waals surface area contributed by atoms with E-state index in [-0.39, 0.29) is 15.8 Å². The molecule has 0 saturated carbocycles. The van der Waals surface area contributed by atoms with Gasteiger partial charge in [0.15, 0.2) is 0 Å². The molecule has 5 aromatic carbocycles. The highest BCUT2D eigenvalue weighted by molar-refractivity contribution is 7.73. The van der Waals surface area contributed by atoms with Gasteiger partial charge in [-0.25, -0.2) is 0 Å². The zero-order valence-electron chi connectivity index (χ0n) is 31.7. The lowest BCUT2D eigenvalue weighted by Gasteiger charge is -2.28. The maximum atomic E-state index is 6.24. The van der Waals surface area contributed by atoms with Crippen LogP contribution in [-0.2, 0) is 45.4 Å². The van der Waals surface area contributed by atoms with Crippen LogP contribution in [0.3, 0.4) is 0 Å². The normalized spacial score (nSPS) is 19.1. The molecule has 4 unspecified atom stereocenters. The molecule has 2 fully saturated rings. The van der Waals surface area contributed by atoms with E-state index in [0.717, 1.165) is 39.6 Å². The summed E-state index contributed by atoms with van der Waals surface area (Å²) in [5.41, 5.74) is 6.41. The van der Waals surface area contributed by atoms with E-state index < -0.39 is 0 Å². The minimum absolute atomic E-state index is 0.139. The lowest BCUT2D eigenvalue weighted by molar-refractivity contribution is 0.121. The molecule has 4 atom stereocenters. The molecule has 0 N–H and O–H groups in total. The van der Waals surface area contributed by atoms with Gasteiger partial charge in [0.2, 0.25) is 0 Å². The van der Waals surface area contributed by atoms with Gasteiger partial charge in [-0.1, -0.05) is 161 Å². The molecule has 6 heteroatoms. The quantitative estimate of drug-likeness (QED) is 0.0999. The largest absolute Gasteiger partial charge is 0.380 e. The summed E-state index contributed by atoms with van der Waals surface area (Å²) in [7, 11) is 1.42. The van der Waals surface area contributed by atoms with Crippen molar-refractivity contribution < 1.29 is 18.9 Å². The molecule has 0 radical (unpaired) electrons. The first kappa shape index (κ1) is 41.0. The van der Waals surface area contributed by atoms with Crippen molar-refractivity contribution in [1.82, 2.24) is 0 Å². The second-order valence-electron chi connectivity index (χ2n) is 13.5. The number of ether oxygens (including phenoxy) is 4. The van der Waals surface area contributed by atoms with Gasteiger partial charge < -0.3 is 18.9 Å². The van der Waals surface area contributed by atoms with Crippen LogP contribution < -0.4 is 10.6 Å². The van der Waals surface area contributed by atoms with Gasteiger partial charge >= 0.3 is 0 Å². The Hall–Kier alpha value is -3.20. The topological polar surface area (TPSA) is 36.9 Å². The summed E-state index contributed by atoms with van der Waals surface area (Å²) >= 11 is 0. The Morgan fingerprint density at radius 2 is 0.792 bits per heavy atom. The van der Waals surface area contributed by atoms with Gasteiger partial charge in [0.25, 0.3) is 0 Å². The summed E-state index contributed by atoms with van der Waals surface area (Å²) in [4.78, 5) is 0. The third-order valence-corrected chi connectivity index (χ3v) is 15.9.